The van der Waals surface area contributed by atoms with Gasteiger partial charge in [-0.05, 0) is 29.3 Å². The lowest BCUT2D eigenvalue weighted by molar-refractivity contribution is -0.139. The number of carbonyl (C=O) groups excluding carboxylic acids is 1. The van der Waals surface area contributed by atoms with E-state index in [1.54, 1.807) is 30.3 Å². The lowest BCUT2D eigenvalue weighted by atomic mass is 10.0. The molecule has 0 aromatic heterocycles. The Hall–Kier alpha value is -3.11. The van der Waals surface area contributed by atoms with Crippen LogP contribution in [0.25, 0.3) is 6.08 Å². The number of aliphatic carboxylic acids is 1. The molecule has 1 atom stereocenters. The number of carboxylic acids is 1. The molecule has 0 heterocycles. The highest BCUT2D eigenvalue weighted by Crippen LogP contribution is 2.12. The van der Waals surface area contributed by atoms with Crippen molar-refractivity contribution in [2.75, 3.05) is 0 Å². The Balaban J connectivity index is 2.04. The number of carbonyl (C=O) groups is 2. The zero-order chi connectivity index (χ0) is 21.4. The fourth-order valence-electron chi connectivity index (χ4n) is 2.33. The fourth-order valence-corrected chi connectivity index (χ4v) is 2.92. The number of alkyl halides is 2. The van der Waals surface area contributed by atoms with Crippen LogP contribution in [-0.4, -0.2) is 38.1 Å². The van der Waals surface area contributed by atoms with Crippen LogP contribution in [0.15, 0.2) is 60.0 Å². The summed E-state index contributed by atoms with van der Waals surface area (Å²) in [6.07, 6.45) is 1.05. The Morgan fingerprint density at radius 3 is 2.24 bits per heavy atom. The van der Waals surface area contributed by atoms with Gasteiger partial charge in [0.25, 0.3) is 16.0 Å². The summed E-state index contributed by atoms with van der Waals surface area (Å²) in [7, 11) is -4.52. The molecule has 7 nitrogen and oxygen atoms in total. The Bertz CT molecular complexity index is 976. The number of rotatable bonds is 9. The van der Waals surface area contributed by atoms with Crippen molar-refractivity contribution in [2.45, 2.75) is 19.1 Å². The number of amides is 1. The standard InChI is InChI=1S/C19H17F2NO6S/c20-19(21)28-29(26,27)11-10-13-6-8-14(9-7-13)12-16(18(24)25)22-17(23)15-4-2-1-3-5-15/h1-11,16,19H,12H2,(H,22,23)(H,24,25). The van der Waals surface area contributed by atoms with E-state index in [4.69, 9.17) is 0 Å². The third kappa shape index (κ3) is 7.43. The van der Waals surface area contributed by atoms with Crippen molar-refractivity contribution in [3.63, 3.8) is 0 Å². The van der Waals surface area contributed by atoms with E-state index in [0.717, 1.165) is 6.08 Å². The maximum absolute atomic E-state index is 12.2. The smallest absolute Gasteiger partial charge is 0.359 e. The van der Waals surface area contributed by atoms with Crippen molar-refractivity contribution in [2.24, 2.45) is 0 Å². The van der Waals surface area contributed by atoms with Gasteiger partial charge < -0.3 is 10.4 Å². The van der Waals surface area contributed by atoms with Crippen molar-refractivity contribution in [3.05, 3.63) is 76.7 Å². The Morgan fingerprint density at radius 2 is 1.69 bits per heavy atom. The number of halogens is 2. The van der Waals surface area contributed by atoms with Crippen LogP contribution in [0.3, 0.4) is 0 Å². The molecule has 0 aliphatic carbocycles. The van der Waals surface area contributed by atoms with Crippen molar-refractivity contribution >= 4 is 28.1 Å². The van der Waals surface area contributed by atoms with Gasteiger partial charge in [-0.15, -0.1) is 0 Å². The first-order chi connectivity index (χ1) is 13.7. The summed E-state index contributed by atoms with van der Waals surface area (Å²) in [5.41, 5.74) is 1.26. The topological polar surface area (TPSA) is 110 Å². The van der Waals surface area contributed by atoms with Gasteiger partial charge in [-0.1, -0.05) is 42.5 Å². The van der Waals surface area contributed by atoms with E-state index in [-0.39, 0.29) is 6.42 Å². The second-order valence-electron chi connectivity index (χ2n) is 5.83. The predicted octanol–water partition coefficient (Wildman–Crippen LogP) is 2.65. The van der Waals surface area contributed by atoms with Crippen LogP contribution in [0.5, 0.6) is 0 Å². The average molecular weight is 425 g/mol. The van der Waals surface area contributed by atoms with Crippen molar-refractivity contribution < 1.29 is 36.1 Å². The van der Waals surface area contributed by atoms with Gasteiger partial charge in [0.05, 0.1) is 5.41 Å². The fraction of sp³-hybridized carbons (Fsp3) is 0.158. The molecule has 29 heavy (non-hydrogen) atoms. The van der Waals surface area contributed by atoms with Gasteiger partial charge in [0, 0.05) is 12.0 Å². The zero-order valence-corrected chi connectivity index (χ0v) is 15.7. The molecule has 0 saturated carbocycles. The maximum atomic E-state index is 12.2. The molecule has 1 unspecified atom stereocenters. The second-order valence-corrected chi connectivity index (χ2v) is 7.28. The summed E-state index contributed by atoms with van der Waals surface area (Å²) in [6, 6.07) is 13.0. The summed E-state index contributed by atoms with van der Waals surface area (Å²) < 4.78 is 49.9. The minimum absolute atomic E-state index is 0.00923. The normalized spacial score (nSPS) is 12.8. The van der Waals surface area contributed by atoms with Crippen LogP contribution >= 0.6 is 0 Å². The van der Waals surface area contributed by atoms with Gasteiger partial charge in [-0.25, -0.2) is 4.79 Å². The molecule has 0 bridgehead atoms. The summed E-state index contributed by atoms with van der Waals surface area (Å²) in [6.45, 7) is -3.45. The molecule has 0 aliphatic heterocycles. The molecule has 2 rings (SSSR count). The zero-order valence-electron chi connectivity index (χ0n) is 14.9. The molecule has 0 aliphatic rings. The molecule has 0 saturated heterocycles. The highest BCUT2D eigenvalue weighted by Gasteiger charge is 2.21. The minimum atomic E-state index is -4.52. The quantitative estimate of drug-likeness (QED) is 0.598. The molecule has 2 aromatic rings. The second kappa shape index (κ2) is 9.89. The van der Waals surface area contributed by atoms with Gasteiger partial charge in [-0.3, -0.25) is 4.79 Å². The van der Waals surface area contributed by atoms with Crippen LogP contribution in [0.4, 0.5) is 8.78 Å². The van der Waals surface area contributed by atoms with E-state index < -0.39 is 34.6 Å². The van der Waals surface area contributed by atoms with E-state index in [1.165, 1.54) is 24.3 Å². The molecule has 154 valence electrons. The number of hydrogen-bond acceptors (Lipinski definition) is 5. The molecule has 0 spiro atoms. The van der Waals surface area contributed by atoms with Crippen molar-refractivity contribution in [1.82, 2.24) is 5.32 Å². The Morgan fingerprint density at radius 1 is 1.07 bits per heavy atom. The number of benzene rings is 2. The molecule has 2 aromatic carbocycles. The van der Waals surface area contributed by atoms with Crippen LogP contribution in [-0.2, 0) is 25.5 Å². The first-order valence-corrected chi connectivity index (χ1v) is 9.70. The van der Waals surface area contributed by atoms with Gasteiger partial charge in [-0.2, -0.15) is 21.4 Å². The van der Waals surface area contributed by atoms with Crippen LogP contribution in [0.1, 0.15) is 21.5 Å². The summed E-state index contributed by atoms with van der Waals surface area (Å²) in [4.78, 5) is 23.6. The SMILES string of the molecule is O=C(NC(Cc1ccc(C=CS(=O)(=O)OC(F)F)cc1)C(=O)O)c1ccccc1. The maximum Gasteiger partial charge on any atom is 0.359 e. The van der Waals surface area contributed by atoms with Gasteiger partial charge in [0.15, 0.2) is 0 Å². The van der Waals surface area contributed by atoms with Crippen LogP contribution in [0.2, 0.25) is 0 Å². The Labute approximate surface area is 165 Å². The Kier molecular flexibility index (Phi) is 7.57. The molecule has 0 fully saturated rings. The van der Waals surface area contributed by atoms with E-state index in [0.29, 0.717) is 22.1 Å². The molecule has 2 N–H and O–H groups in total. The molecular formula is C19H17F2NO6S. The average Bonchev–Trinajstić information content (AvgIpc) is 2.66. The van der Waals surface area contributed by atoms with Gasteiger partial charge in [0.1, 0.15) is 6.04 Å². The highest BCUT2D eigenvalue weighted by atomic mass is 32.2. The van der Waals surface area contributed by atoms with E-state index in [2.05, 4.69) is 9.50 Å². The van der Waals surface area contributed by atoms with Crippen LogP contribution in [0, 0.1) is 0 Å². The minimum Gasteiger partial charge on any atom is -0.480 e. The molecular weight excluding hydrogens is 408 g/mol. The van der Waals surface area contributed by atoms with Gasteiger partial charge in [0.2, 0.25) is 0 Å². The molecule has 10 heteroatoms. The van der Waals surface area contributed by atoms with E-state index in [1.807, 2.05) is 0 Å². The first kappa shape index (κ1) is 22.2. The third-order valence-electron chi connectivity index (χ3n) is 3.69. The largest absolute Gasteiger partial charge is 0.480 e. The lowest BCUT2D eigenvalue weighted by Crippen LogP contribution is -2.42. The van der Waals surface area contributed by atoms with Crippen molar-refractivity contribution in [3.8, 4) is 0 Å². The molecule has 1 amide bonds. The summed E-state index contributed by atoms with van der Waals surface area (Å²) in [5, 5.41) is 12.3. The van der Waals surface area contributed by atoms with Crippen LogP contribution < -0.4 is 5.32 Å². The third-order valence-corrected chi connectivity index (χ3v) is 4.58. The number of nitrogens with one attached hydrogen (secondary N) is 1. The summed E-state index contributed by atoms with van der Waals surface area (Å²) in [5.74, 6) is -1.74. The number of hydrogen-bond donors (Lipinski definition) is 2. The lowest BCUT2D eigenvalue weighted by Gasteiger charge is -2.15. The van der Waals surface area contributed by atoms with E-state index >= 15 is 0 Å². The highest BCUT2D eigenvalue weighted by molar-refractivity contribution is 7.89. The number of carboxylic acid groups (broad SMARTS) is 1. The van der Waals surface area contributed by atoms with E-state index in [9.17, 15) is 31.9 Å². The first-order valence-electron chi connectivity index (χ1n) is 8.23. The molecule has 0 radical (unpaired) electrons. The predicted molar refractivity (Wildman–Crippen MR) is 101 cm³/mol. The van der Waals surface area contributed by atoms with Crippen molar-refractivity contribution in [1.29, 1.82) is 0 Å². The van der Waals surface area contributed by atoms with Gasteiger partial charge >= 0.3 is 12.6 Å². The summed E-state index contributed by atoms with van der Waals surface area (Å²) >= 11 is 0. The monoisotopic (exact) mass is 425 g/mol.